The van der Waals surface area contributed by atoms with Gasteiger partial charge in [0, 0.05) is 6.04 Å². The van der Waals surface area contributed by atoms with Gasteiger partial charge >= 0.3 is 0 Å². The fourth-order valence-electron chi connectivity index (χ4n) is 1.47. The largest absolute Gasteiger partial charge is 0.494 e. The zero-order valence-electron chi connectivity index (χ0n) is 9.69. The molecule has 1 atom stereocenters. The van der Waals surface area contributed by atoms with Gasteiger partial charge in [0.15, 0.2) is 0 Å². The normalized spacial score (nSPS) is 11.4. The molecule has 0 saturated carbocycles. The van der Waals surface area contributed by atoms with Crippen LogP contribution in [0.2, 0.25) is 0 Å². The molecule has 0 unspecified atom stereocenters. The van der Waals surface area contributed by atoms with Gasteiger partial charge in [0.05, 0.1) is 6.61 Å². The van der Waals surface area contributed by atoms with Gasteiger partial charge in [-0.15, -0.1) is 19.0 Å². The first-order chi connectivity index (χ1) is 7.27. The lowest BCUT2D eigenvalue weighted by Crippen LogP contribution is -2.09. The lowest BCUT2D eigenvalue weighted by molar-refractivity contribution is 0.339. The number of benzene rings is 1. The van der Waals surface area contributed by atoms with Gasteiger partial charge < -0.3 is 10.5 Å². The summed E-state index contributed by atoms with van der Waals surface area (Å²) in [6.45, 7) is 6.36. The van der Waals surface area contributed by atoms with Crippen molar-refractivity contribution < 1.29 is 4.74 Å². The molecular formula is C13H20ClNO. The predicted molar refractivity (Wildman–Crippen MR) is 71.2 cm³/mol. The average molecular weight is 242 g/mol. The molecule has 3 heteroatoms. The zero-order chi connectivity index (χ0) is 11.1. The Hall–Kier alpha value is -0.990. The summed E-state index contributed by atoms with van der Waals surface area (Å²) in [7, 11) is 0. The Morgan fingerprint density at radius 2 is 2.25 bits per heavy atom. The van der Waals surface area contributed by atoms with Gasteiger partial charge in [-0.3, -0.25) is 0 Å². The Kier molecular flexibility index (Phi) is 7.69. The fourth-order valence-corrected chi connectivity index (χ4v) is 1.47. The van der Waals surface area contributed by atoms with E-state index in [4.69, 9.17) is 10.5 Å². The monoisotopic (exact) mass is 241 g/mol. The maximum Gasteiger partial charge on any atom is 0.119 e. The molecule has 0 aliphatic heterocycles. The van der Waals surface area contributed by atoms with Crippen molar-refractivity contribution in [3.8, 4) is 5.75 Å². The SMILES string of the molecule is C=CCC[C@H](N)c1cccc(OCC)c1.Cl. The second kappa shape index (κ2) is 8.20. The van der Waals surface area contributed by atoms with Crippen molar-refractivity contribution in [2.75, 3.05) is 6.61 Å². The van der Waals surface area contributed by atoms with Gasteiger partial charge in [-0.2, -0.15) is 0 Å². The van der Waals surface area contributed by atoms with Crippen LogP contribution < -0.4 is 10.5 Å². The Morgan fingerprint density at radius 3 is 2.88 bits per heavy atom. The van der Waals surface area contributed by atoms with Crippen molar-refractivity contribution in [1.82, 2.24) is 0 Å². The maximum atomic E-state index is 6.04. The first-order valence-corrected chi connectivity index (χ1v) is 5.37. The first-order valence-electron chi connectivity index (χ1n) is 5.37. The summed E-state index contributed by atoms with van der Waals surface area (Å²) in [6, 6.07) is 8.05. The van der Waals surface area contributed by atoms with Crippen molar-refractivity contribution in [2.24, 2.45) is 5.73 Å². The minimum absolute atomic E-state index is 0. The molecule has 0 aliphatic carbocycles. The van der Waals surface area contributed by atoms with E-state index in [2.05, 4.69) is 6.58 Å². The molecule has 0 aromatic heterocycles. The van der Waals surface area contributed by atoms with Gasteiger partial charge in [0.25, 0.3) is 0 Å². The quantitative estimate of drug-likeness (QED) is 0.774. The van der Waals surface area contributed by atoms with E-state index < -0.39 is 0 Å². The molecule has 0 aliphatic rings. The van der Waals surface area contributed by atoms with E-state index in [1.54, 1.807) is 0 Å². The lowest BCUT2D eigenvalue weighted by atomic mass is 10.0. The molecule has 0 spiro atoms. The topological polar surface area (TPSA) is 35.2 Å². The summed E-state index contributed by atoms with van der Waals surface area (Å²) in [5.41, 5.74) is 7.17. The molecule has 16 heavy (non-hydrogen) atoms. The van der Waals surface area contributed by atoms with E-state index in [0.29, 0.717) is 6.61 Å². The molecule has 0 heterocycles. The van der Waals surface area contributed by atoms with E-state index >= 15 is 0 Å². The van der Waals surface area contributed by atoms with Crippen LogP contribution in [-0.4, -0.2) is 6.61 Å². The molecule has 2 N–H and O–H groups in total. The highest BCUT2D eigenvalue weighted by atomic mass is 35.5. The standard InChI is InChI=1S/C13H19NO.ClH/c1-3-5-9-13(14)11-7-6-8-12(10-11)15-4-2;/h3,6-8,10,13H,1,4-5,9,14H2,2H3;1H/t13-;/m0./s1. The van der Waals surface area contributed by atoms with Gasteiger partial charge in [-0.25, -0.2) is 0 Å². The third-order valence-electron chi connectivity index (χ3n) is 2.28. The van der Waals surface area contributed by atoms with E-state index in [1.165, 1.54) is 0 Å². The van der Waals surface area contributed by atoms with Crippen LogP contribution in [0.15, 0.2) is 36.9 Å². The molecule has 2 nitrogen and oxygen atoms in total. The van der Waals surface area contributed by atoms with Crippen LogP contribution in [0.25, 0.3) is 0 Å². The van der Waals surface area contributed by atoms with Gasteiger partial charge in [-0.05, 0) is 37.5 Å². The van der Waals surface area contributed by atoms with Crippen LogP contribution >= 0.6 is 12.4 Å². The second-order valence-corrected chi connectivity index (χ2v) is 3.48. The minimum Gasteiger partial charge on any atom is -0.494 e. The highest BCUT2D eigenvalue weighted by molar-refractivity contribution is 5.85. The molecule has 90 valence electrons. The van der Waals surface area contributed by atoms with Crippen molar-refractivity contribution >= 4 is 12.4 Å². The number of hydrogen-bond acceptors (Lipinski definition) is 2. The fraction of sp³-hybridized carbons (Fsp3) is 0.385. The minimum atomic E-state index is 0. The van der Waals surface area contributed by atoms with Crippen molar-refractivity contribution in [3.05, 3.63) is 42.5 Å². The lowest BCUT2D eigenvalue weighted by Gasteiger charge is -2.12. The van der Waals surface area contributed by atoms with Crippen LogP contribution in [0.1, 0.15) is 31.4 Å². The molecule has 1 aromatic rings. The van der Waals surface area contributed by atoms with Crippen LogP contribution in [0.4, 0.5) is 0 Å². The Morgan fingerprint density at radius 1 is 1.50 bits per heavy atom. The maximum absolute atomic E-state index is 6.04. The van der Waals surface area contributed by atoms with E-state index in [0.717, 1.165) is 24.2 Å². The average Bonchev–Trinajstić information content (AvgIpc) is 2.27. The van der Waals surface area contributed by atoms with Crippen LogP contribution in [0, 0.1) is 0 Å². The highest BCUT2D eigenvalue weighted by Gasteiger charge is 2.05. The van der Waals surface area contributed by atoms with E-state index in [9.17, 15) is 0 Å². The molecule has 0 saturated heterocycles. The number of rotatable bonds is 6. The van der Waals surface area contributed by atoms with Crippen LogP contribution in [0.5, 0.6) is 5.75 Å². The molecule has 1 rings (SSSR count). The number of nitrogens with two attached hydrogens (primary N) is 1. The van der Waals surface area contributed by atoms with Crippen molar-refractivity contribution in [1.29, 1.82) is 0 Å². The summed E-state index contributed by atoms with van der Waals surface area (Å²) in [5.74, 6) is 0.893. The third kappa shape index (κ3) is 4.69. The molecule has 0 bridgehead atoms. The zero-order valence-corrected chi connectivity index (χ0v) is 10.5. The summed E-state index contributed by atoms with van der Waals surface area (Å²) in [6.07, 6.45) is 3.77. The summed E-state index contributed by atoms with van der Waals surface area (Å²) < 4.78 is 5.43. The molecular weight excluding hydrogens is 222 g/mol. The van der Waals surface area contributed by atoms with Crippen molar-refractivity contribution in [2.45, 2.75) is 25.8 Å². The number of hydrogen-bond donors (Lipinski definition) is 1. The van der Waals surface area contributed by atoms with E-state index in [1.807, 2.05) is 37.3 Å². The number of allylic oxidation sites excluding steroid dienone is 1. The smallest absolute Gasteiger partial charge is 0.119 e. The second-order valence-electron chi connectivity index (χ2n) is 3.48. The molecule has 0 radical (unpaired) electrons. The number of halogens is 1. The summed E-state index contributed by atoms with van der Waals surface area (Å²) in [4.78, 5) is 0. The third-order valence-corrected chi connectivity index (χ3v) is 2.28. The van der Waals surface area contributed by atoms with Gasteiger partial charge in [0.1, 0.15) is 5.75 Å². The Bertz CT molecular complexity index is 315. The van der Waals surface area contributed by atoms with Crippen LogP contribution in [0.3, 0.4) is 0 Å². The first kappa shape index (κ1) is 15.0. The van der Waals surface area contributed by atoms with Crippen molar-refractivity contribution in [3.63, 3.8) is 0 Å². The van der Waals surface area contributed by atoms with E-state index in [-0.39, 0.29) is 18.4 Å². The molecule has 0 fully saturated rings. The Balaban J connectivity index is 0.00000225. The molecule has 1 aromatic carbocycles. The Labute approximate surface area is 104 Å². The van der Waals surface area contributed by atoms with Gasteiger partial charge in [0.2, 0.25) is 0 Å². The summed E-state index contributed by atoms with van der Waals surface area (Å²) >= 11 is 0. The van der Waals surface area contributed by atoms with Gasteiger partial charge in [-0.1, -0.05) is 18.2 Å². The molecule has 0 amide bonds. The highest BCUT2D eigenvalue weighted by Crippen LogP contribution is 2.20. The predicted octanol–water partition coefficient (Wildman–Crippen LogP) is 3.47. The number of ether oxygens (including phenoxy) is 1. The summed E-state index contributed by atoms with van der Waals surface area (Å²) in [5, 5.41) is 0. The van der Waals surface area contributed by atoms with Crippen LogP contribution in [-0.2, 0) is 0 Å².